The monoisotopic (exact) mass is 369 g/mol. The molecule has 0 fully saturated rings. The highest BCUT2D eigenvalue weighted by molar-refractivity contribution is 5.79. The van der Waals surface area contributed by atoms with Crippen LogP contribution in [0.5, 0.6) is 0 Å². The van der Waals surface area contributed by atoms with Crippen molar-refractivity contribution in [2.24, 2.45) is 0 Å². The van der Waals surface area contributed by atoms with Crippen molar-refractivity contribution in [3.05, 3.63) is 0 Å². The molecule has 0 spiro atoms. The molecule has 26 heavy (non-hydrogen) atoms. The van der Waals surface area contributed by atoms with Crippen LogP contribution in [0.2, 0.25) is 0 Å². The molecule has 0 rings (SSSR count). The first kappa shape index (κ1) is 24.6. The predicted octanol–water partition coefficient (Wildman–Crippen LogP) is 5.02. The lowest BCUT2D eigenvalue weighted by molar-refractivity contribution is -0.137. The molecule has 1 amide bonds. The minimum Gasteiger partial charge on any atom is -0.481 e. The molecule has 1 unspecified atom stereocenters. The van der Waals surface area contributed by atoms with Gasteiger partial charge in [0.1, 0.15) is 6.29 Å². The summed E-state index contributed by atoms with van der Waals surface area (Å²) < 4.78 is 0. The number of carbonyl (C=O) groups excluding carboxylic acids is 2. The number of hydrogen-bond acceptors (Lipinski definition) is 3. The van der Waals surface area contributed by atoms with E-state index < -0.39 is 12.0 Å². The number of carboxylic acid groups (broad SMARTS) is 1. The van der Waals surface area contributed by atoms with Gasteiger partial charge in [0.05, 0.1) is 6.04 Å². The van der Waals surface area contributed by atoms with Crippen molar-refractivity contribution >= 4 is 18.2 Å². The number of hydrogen-bond donors (Lipinski definition) is 2. The minimum atomic E-state index is -0.956. The number of unbranched alkanes of at least 4 members (excludes halogenated alkanes) is 12. The molecule has 0 aromatic carbocycles. The average Bonchev–Trinajstić information content (AvgIpc) is 2.62. The highest BCUT2D eigenvalue weighted by Crippen LogP contribution is 2.13. The Balaban J connectivity index is 3.39. The molecular formula is C21H39NO4. The van der Waals surface area contributed by atoms with Gasteiger partial charge < -0.3 is 15.2 Å². The number of carboxylic acids is 1. The zero-order valence-corrected chi connectivity index (χ0v) is 16.6. The lowest BCUT2D eigenvalue weighted by atomic mass is 10.0. The second kappa shape index (κ2) is 18.4. The third-order valence-corrected chi connectivity index (χ3v) is 4.69. The predicted molar refractivity (Wildman–Crippen MR) is 105 cm³/mol. The molecule has 2 N–H and O–H groups in total. The molecule has 0 aromatic heterocycles. The van der Waals surface area contributed by atoms with Crippen molar-refractivity contribution in [3.63, 3.8) is 0 Å². The second-order valence-corrected chi connectivity index (χ2v) is 7.24. The Morgan fingerprint density at radius 2 is 1.27 bits per heavy atom. The van der Waals surface area contributed by atoms with Gasteiger partial charge in [-0.2, -0.15) is 0 Å². The van der Waals surface area contributed by atoms with Crippen LogP contribution >= 0.6 is 0 Å². The second-order valence-electron chi connectivity index (χ2n) is 7.24. The fourth-order valence-corrected chi connectivity index (χ4v) is 3.04. The van der Waals surface area contributed by atoms with Crippen LogP contribution in [0.25, 0.3) is 0 Å². The van der Waals surface area contributed by atoms with E-state index in [0.29, 0.717) is 12.7 Å². The Morgan fingerprint density at radius 1 is 0.808 bits per heavy atom. The largest absolute Gasteiger partial charge is 0.481 e. The molecular weight excluding hydrogens is 330 g/mol. The molecule has 0 aliphatic carbocycles. The smallest absolute Gasteiger partial charge is 0.303 e. The molecule has 1 atom stereocenters. The van der Waals surface area contributed by atoms with Gasteiger partial charge in [-0.1, -0.05) is 84.0 Å². The molecule has 152 valence electrons. The number of carbonyl (C=O) groups is 3. The lowest BCUT2D eigenvalue weighted by Crippen LogP contribution is -2.36. The third kappa shape index (κ3) is 17.4. The van der Waals surface area contributed by atoms with Crippen molar-refractivity contribution in [2.75, 3.05) is 0 Å². The van der Waals surface area contributed by atoms with Crippen molar-refractivity contribution < 1.29 is 19.5 Å². The summed E-state index contributed by atoms with van der Waals surface area (Å²) in [5.41, 5.74) is 0. The molecule has 0 saturated carbocycles. The summed E-state index contributed by atoms with van der Waals surface area (Å²) in [6.07, 6.45) is 17.5. The molecule has 0 aromatic rings. The quantitative estimate of drug-likeness (QED) is 0.247. The van der Waals surface area contributed by atoms with Gasteiger partial charge in [0, 0.05) is 12.8 Å². The SMILES string of the molecule is CCCCCCCCCCCCCCCC(=O)NC(C=O)CCC(=O)O. The number of amides is 1. The highest BCUT2D eigenvalue weighted by Gasteiger charge is 2.12. The van der Waals surface area contributed by atoms with Crippen molar-refractivity contribution in [1.82, 2.24) is 5.32 Å². The van der Waals surface area contributed by atoms with Gasteiger partial charge in [0.15, 0.2) is 0 Å². The summed E-state index contributed by atoms with van der Waals surface area (Å²) in [5, 5.41) is 11.2. The summed E-state index contributed by atoms with van der Waals surface area (Å²) in [5.74, 6) is -1.11. The van der Waals surface area contributed by atoms with E-state index in [1.165, 1.54) is 64.2 Å². The van der Waals surface area contributed by atoms with Gasteiger partial charge in [-0.3, -0.25) is 9.59 Å². The zero-order valence-electron chi connectivity index (χ0n) is 16.6. The maximum atomic E-state index is 11.7. The molecule has 0 bridgehead atoms. The fraction of sp³-hybridized carbons (Fsp3) is 0.857. The molecule has 5 nitrogen and oxygen atoms in total. The summed E-state index contributed by atoms with van der Waals surface area (Å²) in [7, 11) is 0. The van der Waals surface area contributed by atoms with Crippen LogP contribution in [0.15, 0.2) is 0 Å². The van der Waals surface area contributed by atoms with E-state index in [0.717, 1.165) is 19.3 Å². The van der Waals surface area contributed by atoms with Crippen LogP contribution < -0.4 is 5.32 Å². The van der Waals surface area contributed by atoms with E-state index in [1.54, 1.807) is 0 Å². The Hall–Kier alpha value is -1.39. The third-order valence-electron chi connectivity index (χ3n) is 4.69. The molecule has 0 radical (unpaired) electrons. The van der Waals surface area contributed by atoms with Gasteiger partial charge >= 0.3 is 5.97 Å². The maximum absolute atomic E-state index is 11.7. The average molecular weight is 370 g/mol. The first-order valence-electron chi connectivity index (χ1n) is 10.6. The van der Waals surface area contributed by atoms with Crippen LogP contribution in [0.4, 0.5) is 0 Å². The summed E-state index contributed by atoms with van der Waals surface area (Å²) in [4.78, 5) is 33.1. The molecule has 0 saturated heterocycles. The van der Waals surface area contributed by atoms with Gasteiger partial charge in [-0.15, -0.1) is 0 Å². The Labute approximate surface area is 159 Å². The van der Waals surface area contributed by atoms with Gasteiger partial charge in [-0.25, -0.2) is 0 Å². The lowest BCUT2D eigenvalue weighted by Gasteiger charge is -2.11. The van der Waals surface area contributed by atoms with Crippen LogP contribution in [-0.2, 0) is 14.4 Å². The van der Waals surface area contributed by atoms with Gasteiger partial charge in [0.25, 0.3) is 0 Å². The van der Waals surface area contributed by atoms with Crippen LogP contribution in [0, 0.1) is 0 Å². The zero-order chi connectivity index (χ0) is 19.5. The number of aldehydes is 1. The number of aliphatic carboxylic acids is 1. The van der Waals surface area contributed by atoms with E-state index in [-0.39, 0.29) is 18.7 Å². The number of rotatable bonds is 19. The Bertz CT molecular complexity index is 371. The van der Waals surface area contributed by atoms with E-state index in [9.17, 15) is 14.4 Å². The molecule has 0 aliphatic rings. The molecule has 5 heteroatoms. The normalized spacial score (nSPS) is 11.9. The first-order chi connectivity index (χ1) is 12.6. The van der Waals surface area contributed by atoms with Gasteiger partial charge in [-0.05, 0) is 12.8 Å². The van der Waals surface area contributed by atoms with E-state index in [2.05, 4.69) is 12.2 Å². The minimum absolute atomic E-state index is 0.109. The summed E-state index contributed by atoms with van der Waals surface area (Å²) in [6, 6.07) is -0.680. The number of nitrogens with one attached hydrogen (secondary N) is 1. The fourth-order valence-electron chi connectivity index (χ4n) is 3.04. The Kier molecular flexibility index (Phi) is 17.4. The van der Waals surface area contributed by atoms with Crippen molar-refractivity contribution in [2.45, 2.75) is 116 Å². The molecule has 0 aliphatic heterocycles. The highest BCUT2D eigenvalue weighted by atomic mass is 16.4. The Morgan fingerprint density at radius 3 is 1.69 bits per heavy atom. The van der Waals surface area contributed by atoms with Crippen LogP contribution in [0.3, 0.4) is 0 Å². The maximum Gasteiger partial charge on any atom is 0.303 e. The molecule has 0 heterocycles. The van der Waals surface area contributed by atoms with E-state index in [1.807, 2.05) is 0 Å². The van der Waals surface area contributed by atoms with Crippen molar-refractivity contribution in [3.8, 4) is 0 Å². The van der Waals surface area contributed by atoms with E-state index >= 15 is 0 Å². The van der Waals surface area contributed by atoms with Crippen molar-refractivity contribution in [1.29, 1.82) is 0 Å². The van der Waals surface area contributed by atoms with Crippen LogP contribution in [0.1, 0.15) is 110 Å². The van der Waals surface area contributed by atoms with Crippen LogP contribution in [-0.4, -0.2) is 29.3 Å². The van der Waals surface area contributed by atoms with E-state index in [4.69, 9.17) is 5.11 Å². The summed E-state index contributed by atoms with van der Waals surface area (Å²) in [6.45, 7) is 2.25. The van der Waals surface area contributed by atoms with Gasteiger partial charge in [0.2, 0.25) is 5.91 Å². The summed E-state index contributed by atoms with van der Waals surface area (Å²) >= 11 is 0. The first-order valence-corrected chi connectivity index (χ1v) is 10.6. The standard InChI is InChI=1S/C21H39NO4/c1-2-3-4-5-6-7-8-9-10-11-12-13-14-15-20(24)22-19(18-23)16-17-21(25)26/h18-19H,2-17H2,1H3,(H,22,24)(H,25,26). The topological polar surface area (TPSA) is 83.5 Å².